The fraction of sp³-hybridized carbons (Fsp3) is 0.875. The molecule has 0 radical (unpaired) electrons. The van der Waals surface area contributed by atoms with Crippen LogP contribution in [0.2, 0.25) is 0 Å². The number of Topliss-reactive ketones (excluding diaryl/α,β-unsaturated/α-hetero) is 2. The Balaban J connectivity index is 0.861. The Hall–Kier alpha value is -1.78. The fourth-order valence-corrected chi connectivity index (χ4v) is 18.9. The van der Waals surface area contributed by atoms with E-state index in [-0.39, 0.29) is 70.7 Å². The summed E-state index contributed by atoms with van der Waals surface area (Å²) >= 11 is 3.54. The van der Waals surface area contributed by atoms with Crippen LogP contribution in [0.3, 0.4) is 0 Å². The molecule has 13 rings (SSSR count). The van der Waals surface area contributed by atoms with E-state index in [0.717, 1.165) is 51.4 Å². The largest absolute Gasteiger partial charge is 0.464 e. The van der Waals surface area contributed by atoms with Crippen molar-refractivity contribution in [2.45, 2.75) is 106 Å². The molecule has 12 saturated carbocycles. The third-order valence-electron chi connectivity index (χ3n) is 16.6. The topological polar surface area (TPSA) is 167 Å². The van der Waals surface area contributed by atoms with Crippen LogP contribution in [0, 0.1) is 74.9 Å². The molecule has 11 nitrogen and oxygen atoms in total. The molecule has 0 aromatic heterocycles. The minimum Gasteiger partial charge on any atom is -0.464 e. The highest BCUT2D eigenvalue weighted by atomic mass is 32.2. The monoisotopic (exact) mass is 840 g/mol. The number of ether oxygens (including phenoxy) is 3. The first-order chi connectivity index (χ1) is 26.4. The smallest absolute Gasteiger partial charge is 0.402 e. The van der Waals surface area contributed by atoms with Crippen molar-refractivity contribution >= 4 is 63.1 Å². The molecule has 0 amide bonds. The van der Waals surface area contributed by atoms with Crippen LogP contribution in [0.15, 0.2) is 0 Å². The zero-order valence-corrected chi connectivity index (χ0v) is 33.8. The molecular formula is C40H50F2O11S3. The summed E-state index contributed by atoms with van der Waals surface area (Å²) in [5.74, 6) is 1.04. The van der Waals surface area contributed by atoms with Crippen molar-refractivity contribution in [3.63, 3.8) is 0 Å². The molecule has 13 fully saturated rings. The standard InChI is InChI=1S/C40H50F2O11S3/c41-39(42,56(48,49)50)18-53-34(47)38-9-23-5-28(14-38)40(29(6-23)15-38)54-19-35(20-55-40,16-51-32(45)36-7-21-1-24(10-36)30(43)25(2-21)11-36)17-52-33(46)37-8-22-3-26(12-37)31(44)27(4-22)13-37/h21-29H,1-20H2,(H,48,49,50). The molecule has 0 aromatic rings. The van der Waals surface area contributed by atoms with Gasteiger partial charge in [0.15, 0.2) is 6.61 Å². The van der Waals surface area contributed by atoms with Crippen LogP contribution in [0.1, 0.15) is 96.3 Å². The van der Waals surface area contributed by atoms with Crippen LogP contribution in [0.5, 0.6) is 0 Å². The van der Waals surface area contributed by atoms with Gasteiger partial charge in [0, 0.05) is 35.2 Å². The number of hydrogen-bond acceptors (Lipinski definition) is 12. The van der Waals surface area contributed by atoms with Gasteiger partial charge in [0.2, 0.25) is 0 Å². The lowest BCUT2D eigenvalue weighted by Gasteiger charge is -2.65. The van der Waals surface area contributed by atoms with E-state index in [1.807, 2.05) is 0 Å². The summed E-state index contributed by atoms with van der Waals surface area (Å²) in [6.45, 7) is -1.60. The van der Waals surface area contributed by atoms with Crippen molar-refractivity contribution in [2.24, 2.45) is 74.9 Å². The fourth-order valence-electron chi connectivity index (χ4n) is 14.6. The highest BCUT2D eigenvalue weighted by molar-refractivity contribution is 8.18. The van der Waals surface area contributed by atoms with Gasteiger partial charge in [-0.25, -0.2) is 0 Å². The lowest BCUT2D eigenvalue weighted by molar-refractivity contribution is -0.181. The molecule has 1 spiro atoms. The lowest BCUT2D eigenvalue weighted by Crippen LogP contribution is -2.62. The summed E-state index contributed by atoms with van der Waals surface area (Å²) < 4.78 is 76.7. The zero-order valence-electron chi connectivity index (χ0n) is 31.3. The number of alkyl halides is 2. The summed E-state index contributed by atoms with van der Waals surface area (Å²) in [7, 11) is -5.74. The van der Waals surface area contributed by atoms with Crippen LogP contribution in [-0.4, -0.2) is 83.1 Å². The minimum atomic E-state index is -5.74. The van der Waals surface area contributed by atoms with Gasteiger partial charge >= 0.3 is 33.3 Å². The van der Waals surface area contributed by atoms with Gasteiger partial charge in [-0.05, 0) is 126 Å². The quantitative estimate of drug-likeness (QED) is 0.158. The molecule has 6 unspecified atom stereocenters. The number of carbonyl (C=O) groups is 5. The van der Waals surface area contributed by atoms with Crippen LogP contribution in [0.4, 0.5) is 8.78 Å². The molecule has 0 aromatic carbocycles. The number of halogens is 2. The van der Waals surface area contributed by atoms with Crippen molar-refractivity contribution in [1.82, 2.24) is 0 Å². The van der Waals surface area contributed by atoms with E-state index in [9.17, 15) is 41.2 Å². The van der Waals surface area contributed by atoms with E-state index in [2.05, 4.69) is 0 Å². The molecule has 1 saturated heterocycles. The van der Waals surface area contributed by atoms with Crippen molar-refractivity contribution in [1.29, 1.82) is 0 Å². The van der Waals surface area contributed by atoms with Crippen LogP contribution in [0.25, 0.3) is 0 Å². The van der Waals surface area contributed by atoms with E-state index < -0.39 is 49.6 Å². The van der Waals surface area contributed by atoms with Gasteiger partial charge in [-0.2, -0.15) is 17.2 Å². The number of rotatable bonds is 10. The lowest BCUT2D eigenvalue weighted by atomic mass is 9.49. The molecule has 308 valence electrons. The third kappa shape index (κ3) is 5.76. The summed E-state index contributed by atoms with van der Waals surface area (Å²) in [6.07, 6.45) is 10.1. The Morgan fingerprint density at radius 2 is 1.00 bits per heavy atom. The first-order valence-electron chi connectivity index (χ1n) is 20.6. The molecule has 1 N–H and O–H groups in total. The number of carbonyl (C=O) groups excluding carboxylic acids is 5. The van der Waals surface area contributed by atoms with E-state index in [1.165, 1.54) is 0 Å². The Morgan fingerprint density at radius 3 is 1.41 bits per heavy atom. The van der Waals surface area contributed by atoms with Crippen molar-refractivity contribution in [2.75, 3.05) is 31.3 Å². The molecule has 1 heterocycles. The van der Waals surface area contributed by atoms with Crippen molar-refractivity contribution < 1.29 is 59.9 Å². The maximum atomic E-state index is 14.1. The van der Waals surface area contributed by atoms with Crippen LogP contribution in [-0.2, 0) is 48.3 Å². The molecule has 13 aliphatic rings. The molecular weight excluding hydrogens is 791 g/mol. The summed E-state index contributed by atoms with van der Waals surface area (Å²) in [5.41, 5.74) is -3.01. The van der Waals surface area contributed by atoms with Gasteiger partial charge in [-0.15, -0.1) is 23.5 Å². The SMILES string of the molecule is O=C1C2CC3CC1CC(C(=O)OCC1(COC(=O)C45CC6CC(C4)C(=O)C(C6)C5)CSC4(SC1)C1CC5CC4CC(C(=O)OCC(F)(F)S(=O)(=O)O)(C5)C1)(C3)C2. The van der Waals surface area contributed by atoms with Gasteiger partial charge < -0.3 is 14.2 Å². The van der Waals surface area contributed by atoms with E-state index in [0.29, 0.717) is 79.9 Å². The highest BCUT2D eigenvalue weighted by Crippen LogP contribution is 2.72. The first-order valence-corrected chi connectivity index (χ1v) is 24.0. The number of esters is 3. The van der Waals surface area contributed by atoms with E-state index >= 15 is 0 Å². The average Bonchev–Trinajstić information content (AvgIpc) is 3.14. The molecule has 1 aliphatic heterocycles. The normalized spacial score (nSPS) is 48.1. The minimum absolute atomic E-state index is 0.0515. The number of thioether (sulfide) groups is 2. The van der Waals surface area contributed by atoms with E-state index in [4.69, 9.17) is 18.8 Å². The molecule has 6 atom stereocenters. The second kappa shape index (κ2) is 12.6. The second-order valence-corrected chi connectivity index (χ2v) is 24.6. The zero-order chi connectivity index (χ0) is 39.3. The van der Waals surface area contributed by atoms with Gasteiger partial charge in [0.25, 0.3) is 0 Å². The van der Waals surface area contributed by atoms with Gasteiger partial charge in [-0.1, -0.05) is 0 Å². The van der Waals surface area contributed by atoms with E-state index in [1.54, 1.807) is 23.5 Å². The Labute approximate surface area is 333 Å². The predicted octanol–water partition coefficient (Wildman–Crippen LogP) is 5.88. The molecule has 12 aliphatic carbocycles. The van der Waals surface area contributed by atoms with Crippen molar-refractivity contribution in [3.8, 4) is 0 Å². The predicted molar refractivity (Wildman–Crippen MR) is 197 cm³/mol. The van der Waals surface area contributed by atoms with Crippen LogP contribution >= 0.6 is 23.5 Å². The van der Waals surface area contributed by atoms with Gasteiger partial charge in [0.05, 0.1) is 25.7 Å². The Morgan fingerprint density at radius 1 is 0.625 bits per heavy atom. The molecule has 12 bridgehead atoms. The molecule has 56 heavy (non-hydrogen) atoms. The van der Waals surface area contributed by atoms with Crippen molar-refractivity contribution in [3.05, 3.63) is 0 Å². The van der Waals surface area contributed by atoms with Gasteiger partial charge in [0.1, 0.15) is 24.8 Å². The number of ketones is 2. The maximum absolute atomic E-state index is 14.1. The van der Waals surface area contributed by atoms with Gasteiger partial charge in [-0.3, -0.25) is 28.5 Å². The Bertz CT molecular complexity index is 1750. The average molecular weight is 841 g/mol. The Kier molecular flexibility index (Phi) is 8.66. The second-order valence-electron chi connectivity index (χ2n) is 20.3. The third-order valence-corrected chi connectivity index (χ3v) is 21.9. The highest BCUT2D eigenvalue weighted by Gasteiger charge is 2.68. The first kappa shape index (κ1) is 38.4. The maximum Gasteiger partial charge on any atom is 0.402 e. The number of hydrogen-bond donors (Lipinski definition) is 1. The van der Waals surface area contributed by atoms with Crippen LogP contribution < -0.4 is 0 Å². The summed E-state index contributed by atoms with van der Waals surface area (Å²) in [5, 5.41) is -4.60. The molecule has 16 heteroatoms. The summed E-state index contributed by atoms with van der Waals surface area (Å²) in [6, 6.07) is 0. The summed E-state index contributed by atoms with van der Waals surface area (Å²) in [4.78, 5) is 67.5.